The van der Waals surface area contributed by atoms with Crippen LogP contribution in [0.3, 0.4) is 0 Å². The molecule has 0 aromatic heterocycles. The molecule has 8 bridgehead atoms. The molecule has 8 aliphatic carbocycles. The third kappa shape index (κ3) is 4.45. The first-order valence-electron chi connectivity index (χ1n) is 13.4. The maximum Gasteiger partial charge on any atom is 0.358 e. The number of benzene rings is 1. The van der Waals surface area contributed by atoms with Gasteiger partial charge in [-0.2, -0.15) is 8.42 Å². The molecule has 0 unspecified atom stereocenters. The Morgan fingerprint density at radius 1 is 0.743 bits per heavy atom. The van der Waals surface area contributed by atoms with Crippen LogP contribution in [0.2, 0.25) is 0 Å². The van der Waals surface area contributed by atoms with E-state index < -0.39 is 10.1 Å². The highest BCUT2D eigenvalue weighted by Gasteiger charge is 2.47. The van der Waals surface area contributed by atoms with Crippen LogP contribution in [0.5, 0.6) is 0 Å². The Morgan fingerprint density at radius 2 is 1.17 bits per heavy atom. The molecule has 35 heavy (non-hydrogen) atoms. The highest BCUT2D eigenvalue weighted by molar-refractivity contribution is 7.86. The molecule has 0 amide bonds. The molecule has 8 saturated carbocycles. The van der Waals surface area contributed by atoms with E-state index in [0.717, 1.165) is 66.3 Å². The number of hydrogen-bond donors (Lipinski definition) is 1. The highest BCUT2D eigenvalue weighted by atomic mass is 32.2. The first-order chi connectivity index (χ1) is 16.9. The molecule has 188 valence electrons. The van der Waals surface area contributed by atoms with E-state index in [1.165, 1.54) is 50.7 Å². The van der Waals surface area contributed by atoms with Gasteiger partial charge in [-0.15, -0.1) is 0 Å². The summed E-state index contributed by atoms with van der Waals surface area (Å²) in [6.07, 6.45) is 14.4. The Labute approximate surface area is 208 Å². The number of rotatable bonds is 4. The maximum atomic E-state index is 12.3. The largest absolute Gasteiger partial charge is 0.411 e. The molecule has 0 heterocycles. The Bertz CT molecular complexity index is 1080. The molecular weight excluding hydrogens is 460 g/mol. The van der Waals surface area contributed by atoms with Gasteiger partial charge in [0, 0.05) is 23.7 Å². The lowest BCUT2D eigenvalue weighted by Gasteiger charge is -2.49. The minimum Gasteiger partial charge on any atom is -0.411 e. The number of hydrogen-bond acceptors (Lipinski definition) is 6. The lowest BCUT2D eigenvalue weighted by molar-refractivity contribution is 0.103. The van der Waals surface area contributed by atoms with E-state index in [4.69, 9.17) is 9.49 Å². The molecule has 9 rings (SSSR count). The van der Waals surface area contributed by atoms with E-state index in [0.29, 0.717) is 23.7 Å². The van der Waals surface area contributed by atoms with E-state index in [1.807, 2.05) is 0 Å². The van der Waals surface area contributed by atoms with Crippen molar-refractivity contribution in [3.63, 3.8) is 0 Å². The number of nitrogens with zero attached hydrogens (tertiary/aromatic N) is 2. The van der Waals surface area contributed by atoms with Gasteiger partial charge < -0.3 is 5.21 Å². The van der Waals surface area contributed by atoms with Crippen molar-refractivity contribution in [1.29, 1.82) is 0 Å². The van der Waals surface area contributed by atoms with Gasteiger partial charge in [0.1, 0.15) is 4.90 Å². The fourth-order valence-electron chi connectivity index (χ4n) is 8.55. The van der Waals surface area contributed by atoms with E-state index in [2.05, 4.69) is 16.9 Å². The molecule has 0 spiro atoms. The molecule has 0 radical (unpaired) electrons. The summed E-state index contributed by atoms with van der Waals surface area (Å²) in [5, 5.41) is 16.5. The third-order valence-corrected chi connectivity index (χ3v) is 10.8. The molecule has 7 heteroatoms. The van der Waals surface area contributed by atoms with Gasteiger partial charge in [-0.05, 0) is 106 Å². The third-order valence-electron chi connectivity index (χ3n) is 9.71. The highest BCUT2D eigenvalue weighted by Crippen LogP contribution is 2.53. The van der Waals surface area contributed by atoms with Crippen LogP contribution in [-0.4, -0.2) is 25.0 Å². The van der Waals surface area contributed by atoms with Gasteiger partial charge in [-0.25, -0.2) is 0 Å². The topological polar surface area (TPSA) is 88.3 Å². The van der Waals surface area contributed by atoms with Gasteiger partial charge in [-0.1, -0.05) is 35.1 Å². The first kappa shape index (κ1) is 23.3. The fourth-order valence-corrected chi connectivity index (χ4v) is 9.29. The van der Waals surface area contributed by atoms with Gasteiger partial charge in [0.25, 0.3) is 0 Å². The summed E-state index contributed by atoms with van der Waals surface area (Å²) in [6, 6.07) is 6.48. The number of oxime groups is 2. The molecule has 1 N–H and O–H groups in total. The minimum absolute atomic E-state index is 0.135. The van der Waals surface area contributed by atoms with Crippen molar-refractivity contribution in [2.24, 2.45) is 57.7 Å². The van der Waals surface area contributed by atoms with Crippen molar-refractivity contribution in [1.82, 2.24) is 0 Å². The summed E-state index contributed by atoms with van der Waals surface area (Å²) in [4.78, 5) is 0.135. The van der Waals surface area contributed by atoms with Crippen molar-refractivity contribution >= 4 is 27.6 Å². The molecule has 0 aliphatic heterocycles. The van der Waals surface area contributed by atoms with E-state index in [1.54, 1.807) is 18.2 Å². The lowest BCUT2D eigenvalue weighted by atomic mass is 9.55. The summed E-state index contributed by atoms with van der Waals surface area (Å²) < 4.78 is 29.7. The van der Waals surface area contributed by atoms with Crippen LogP contribution in [0.15, 0.2) is 46.1 Å². The van der Waals surface area contributed by atoms with Gasteiger partial charge in [0.05, 0.1) is 11.4 Å². The van der Waals surface area contributed by atoms with Gasteiger partial charge >= 0.3 is 10.1 Å². The fraction of sp³-hybridized carbons (Fsp3) is 0.643. The smallest absolute Gasteiger partial charge is 0.358 e. The predicted molar refractivity (Wildman–Crippen MR) is 136 cm³/mol. The standard InChI is InChI=1S/C18H21NO3S.C10H15NO/c1-2-12-3-5-17(6-4-12)23(20,21)22-19-18-15-8-13-7-14(10-15)11-16(18)9-13;12-11-10-8-2-6-1-7(4-8)5-9(10)3-6/h2-6,13-16H,1,7-11H2;6-9,12H,1-5H2. The van der Waals surface area contributed by atoms with Crippen LogP contribution in [0.25, 0.3) is 6.08 Å². The molecule has 0 atom stereocenters. The first-order valence-corrected chi connectivity index (χ1v) is 14.8. The molecule has 1 aromatic rings. The SMILES string of the molecule is C=Cc1ccc(S(=O)(=O)ON=C2C3CC4CC(C3)CC2C4)cc1.ON=C1C2CC3CC(C2)CC1C3. The van der Waals surface area contributed by atoms with E-state index in [-0.39, 0.29) is 4.90 Å². The van der Waals surface area contributed by atoms with Crippen molar-refractivity contribution in [2.45, 2.75) is 69.1 Å². The second-order valence-electron chi connectivity index (χ2n) is 12.0. The van der Waals surface area contributed by atoms with Crippen molar-refractivity contribution in [3.8, 4) is 0 Å². The van der Waals surface area contributed by atoms with Crippen molar-refractivity contribution < 1.29 is 17.9 Å². The van der Waals surface area contributed by atoms with Gasteiger partial charge in [0.15, 0.2) is 0 Å². The Hall–Kier alpha value is -2.15. The zero-order valence-electron chi connectivity index (χ0n) is 20.3. The average Bonchev–Trinajstić information content (AvgIpc) is 2.83. The summed E-state index contributed by atoms with van der Waals surface area (Å²) in [5.74, 6) is 5.77. The summed E-state index contributed by atoms with van der Waals surface area (Å²) in [6.45, 7) is 3.66. The van der Waals surface area contributed by atoms with Crippen LogP contribution in [0.1, 0.15) is 69.8 Å². The maximum absolute atomic E-state index is 12.3. The van der Waals surface area contributed by atoms with Crippen LogP contribution >= 0.6 is 0 Å². The summed E-state index contributed by atoms with van der Waals surface area (Å²) in [5.41, 5.74) is 3.00. The zero-order valence-corrected chi connectivity index (χ0v) is 21.1. The van der Waals surface area contributed by atoms with E-state index in [9.17, 15) is 8.42 Å². The average molecular weight is 497 g/mol. The molecule has 1 aromatic carbocycles. The zero-order chi connectivity index (χ0) is 24.2. The second kappa shape index (κ2) is 9.06. The predicted octanol–water partition coefficient (Wildman–Crippen LogP) is 6.12. The Kier molecular flexibility index (Phi) is 6.02. The quantitative estimate of drug-likeness (QED) is 0.402. The minimum atomic E-state index is -3.84. The second-order valence-corrected chi connectivity index (χ2v) is 13.5. The van der Waals surface area contributed by atoms with Crippen LogP contribution < -0.4 is 0 Å². The van der Waals surface area contributed by atoms with E-state index >= 15 is 0 Å². The molecule has 8 fully saturated rings. The molecular formula is C28H36N2O4S. The van der Waals surface area contributed by atoms with Crippen LogP contribution in [0.4, 0.5) is 0 Å². The summed E-state index contributed by atoms with van der Waals surface area (Å²) >= 11 is 0. The Balaban J connectivity index is 0.000000159. The normalized spacial score (nSPS) is 38.1. The Morgan fingerprint density at radius 3 is 1.57 bits per heavy atom. The van der Waals surface area contributed by atoms with Gasteiger partial charge in [0.2, 0.25) is 0 Å². The monoisotopic (exact) mass is 496 g/mol. The van der Waals surface area contributed by atoms with Crippen LogP contribution in [0, 0.1) is 47.3 Å². The van der Waals surface area contributed by atoms with Crippen LogP contribution in [-0.2, 0) is 14.4 Å². The molecule has 0 saturated heterocycles. The molecule has 6 nitrogen and oxygen atoms in total. The molecule has 8 aliphatic rings. The summed E-state index contributed by atoms with van der Waals surface area (Å²) in [7, 11) is -3.84. The van der Waals surface area contributed by atoms with Crippen molar-refractivity contribution in [3.05, 3.63) is 36.4 Å². The van der Waals surface area contributed by atoms with Gasteiger partial charge in [-0.3, -0.25) is 4.28 Å². The van der Waals surface area contributed by atoms with Crippen molar-refractivity contribution in [2.75, 3.05) is 0 Å². The lowest BCUT2D eigenvalue weighted by Crippen LogP contribution is -2.45.